The molecular weight excluding hydrogens is 454 g/mol. The van der Waals surface area contributed by atoms with Crippen LogP contribution in [0.15, 0.2) is 66.9 Å². The van der Waals surface area contributed by atoms with Crippen molar-refractivity contribution in [3.8, 4) is 0 Å². The van der Waals surface area contributed by atoms with E-state index in [1.54, 1.807) is 35.4 Å². The number of carbonyl (C=O) groups is 1. The van der Waals surface area contributed by atoms with E-state index in [0.29, 0.717) is 16.4 Å². The summed E-state index contributed by atoms with van der Waals surface area (Å²) in [6, 6.07) is 18.6. The van der Waals surface area contributed by atoms with Crippen molar-refractivity contribution < 1.29 is 13.2 Å². The molecule has 4 aromatic rings. The lowest BCUT2D eigenvalue weighted by molar-refractivity contribution is -0.118. The van der Waals surface area contributed by atoms with Crippen LogP contribution in [-0.4, -0.2) is 30.0 Å². The fourth-order valence-corrected chi connectivity index (χ4v) is 6.04. The Morgan fingerprint density at radius 1 is 1.03 bits per heavy atom. The Morgan fingerprint density at radius 3 is 2.52 bits per heavy atom. The van der Waals surface area contributed by atoms with Crippen molar-refractivity contribution in [1.29, 1.82) is 0 Å². The van der Waals surface area contributed by atoms with Gasteiger partial charge in [0.25, 0.3) is 0 Å². The van der Waals surface area contributed by atoms with Gasteiger partial charge in [0, 0.05) is 12.6 Å². The van der Waals surface area contributed by atoms with Crippen LogP contribution in [-0.2, 0) is 26.9 Å². The molecule has 4 rings (SSSR count). The number of fused-ring (bicyclic) bond motifs is 1. The third-order valence-corrected chi connectivity index (χ3v) is 8.07. The van der Waals surface area contributed by atoms with Crippen LogP contribution in [0.2, 0.25) is 0 Å². The van der Waals surface area contributed by atoms with E-state index in [9.17, 15) is 13.2 Å². The van der Waals surface area contributed by atoms with Gasteiger partial charge in [0.15, 0.2) is 15.0 Å². The van der Waals surface area contributed by atoms with E-state index in [-0.39, 0.29) is 30.4 Å². The molecule has 33 heavy (non-hydrogen) atoms. The number of carbonyl (C=O) groups excluding carboxylic acids is 1. The summed E-state index contributed by atoms with van der Waals surface area (Å²) in [7, 11) is -3.44. The predicted molar refractivity (Wildman–Crippen MR) is 133 cm³/mol. The highest BCUT2D eigenvalue weighted by Gasteiger charge is 2.23. The summed E-state index contributed by atoms with van der Waals surface area (Å²) in [6.45, 7) is 4.27. The van der Waals surface area contributed by atoms with Gasteiger partial charge >= 0.3 is 0 Å². The summed E-state index contributed by atoms with van der Waals surface area (Å²) in [5.41, 5.74) is 4.47. The minimum atomic E-state index is -3.44. The van der Waals surface area contributed by atoms with Gasteiger partial charge in [-0.3, -0.25) is 14.7 Å². The minimum Gasteiger partial charge on any atom is -0.282 e. The first-order valence-corrected chi connectivity index (χ1v) is 13.3. The first-order chi connectivity index (χ1) is 15.8. The van der Waals surface area contributed by atoms with Crippen molar-refractivity contribution in [1.82, 2.24) is 9.97 Å². The Morgan fingerprint density at radius 2 is 1.79 bits per heavy atom. The fourth-order valence-electron chi connectivity index (χ4n) is 3.67. The SMILES string of the molecule is Cc1cc(C)c2sc(N(Cc3ccccn3)C(=O)CCS(=O)(=O)Cc3ccccc3)nc2c1. The number of thiazole rings is 1. The van der Waals surface area contributed by atoms with Gasteiger partial charge in [0.2, 0.25) is 5.91 Å². The largest absolute Gasteiger partial charge is 0.282 e. The molecule has 0 fully saturated rings. The maximum Gasteiger partial charge on any atom is 0.230 e. The number of benzene rings is 2. The maximum absolute atomic E-state index is 13.3. The zero-order valence-electron chi connectivity index (χ0n) is 18.6. The molecule has 2 aromatic heterocycles. The first-order valence-electron chi connectivity index (χ1n) is 10.6. The van der Waals surface area contributed by atoms with E-state index in [2.05, 4.69) is 11.1 Å². The Labute approximate surface area is 197 Å². The number of hydrogen-bond donors (Lipinski definition) is 0. The van der Waals surface area contributed by atoms with Crippen LogP contribution in [0.3, 0.4) is 0 Å². The molecule has 1 amide bonds. The predicted octanol–water partition coefficient (Wildman–Crippen LogP) is 4.85. The number of sulfone groups is 1. The van der Waals surface area contributed by atoms with Crippen molar-refractivity contribution in [2.75, 3.05) is 10.7 Å². The van der Waals surface area contributed by atoms with E-state index >= 15 is 0 Å². The summed E-state index contributed by atoms with van der Waals surface area (Å²) in [4.78, 5) is 23.9. The average Bonchev–Trinajstić information content (AvgIpc) is 3.21. The lowest BCUT2D eigenvalue weighted by Gasteiger charge is -2.19. The van der Waals surface area contributed by atoms with Crippen LogP contribution < -0.4 is 4.90 Å². The van der Waals surface area contributed by atoms with Crippen LogP contribution >= 0.6 is 11.3 Å². The zero-order chi connectivity index (χ0) is 23.4. The van der Waals surface area contributed by atoms with E-state index in [0.717, 1.165) is 21.3 Å². The molecule has 170 valence electrons. The van der Waals surface area contributed by atoms with Crippen molar-refractivity contribution in [2.24, 2.45) is 0 Å². The summed E-state index contributed by atoms with van der Waals surface area (Å²) in [6.07, 6.45) is 1.56. The molecular formula is C25H25N3O3S2. The molecule has 0 spiro atoms. The summed E-state index contributed by atoms with van der Waals surface area (Å²) in [5, 5.41) is 0.551. The molecule has 0 aliphatic rings. The third-order valence-electron chi connectivity index (χ3n) is 5.24. The second kappa shape index (κ2) is 9.80. The van der Waals surface area contributed by atoms with Crippen molar-refractivity contribution >= 4 is 42.4 Å². The molecule has 6 nitrogen and oxygen atoms in total. The van der Waals surface area contributed by atoms with Gasteiger partial charge in [-0.2, -0.15) is 0 Å². The van der Waals surface area contributed by atoms with Crippen LogP contribution in [0, 0.1) is 13.8 Å². The Hall–Kier alpha value is -3.10. The van der Waals surface area contributed by atoms with E-state index < -0.39 is 9.84 Å². The number of aryl methyl sites for hydroxylation is 2. The highest BCUT2D eigenvalue weighted by molar-refractivity contribution is 7.90. The zero-order valence-corrected chi connectivity index (χ0v) is 20.2. The molecule has 0 aliphatic carbocycles. The third kappa shape index (κ3) is 5.83. The van der Waals surface area contributed by atoms with Crippen molar-refractivity contribution in [3.05, 3.63) is 89.2 Å². The molecule has 0 aliphatic heterocycles. The lowest BCUT2D eigenvalue weighted by atomic mass is 10.1. The van der Waals surface area contributed by atoms with E-state index in [1.807, 2.05) is 44.2 Å². The van der Waals surface area contributed by atoms with Crippen LogP contribution in [0.4, 0.5) is 5.13 Å². The van der Waals surface area contributed by atoms with E-state index in [4.69, 9.17) is 4.98 Å². The standard InChI is InChI=1S/C25H25N3O3S2/c1-18-14-19(2)24-22(15-18)27-25(32-24)28(16-21-10-6-7-12-26-21)23(29)11-13-33(30,31)17-20-8-4-3-5-9-20/h3-10,12,14-15H,11,13,16-17H2,1-2H3. The molecule has 0 saturated carbocycles. The van der Waals surface area contributed by atoms with Gasteiger partial charge in [-0.25, -0.2) is 13.4 Å². The molecule has 2 heterocycles. The summed E-state index contributed by atoms with van der Waals surface area (Å²) >= 11 is 1.44. The molecule has 0 saturated heterocycles. The number of rotatable bonds is 8. The highest BCUT2D eigenvalue weighted by atomic mass is 32.2. The van der Waals surface area contributed by atoms with Gasteiger partial charge in [-0.05, 0) is 48.7 Å². The van der Waals surface area contributed by atoms with Gasteiger partial charge in [-0.1, -0.05) is 53.8 Å². The van der Waals surface area contributed by atoms with Crippen molar-refractivity contribution in [3.63, 3.8) is 0 Å². The number of hydrogen-bond acceptors (Lipinski definition) is 6. The molecule has 2 aromatic carbocycles. The monoisotopic (exact) mass is 479 g/mol. The van der Waals surface area contributed by atoms with Crippen LogP contribution in [0.5, 0.6) is 0 Å². The lowest BCUT2D eigenvalue weighted by Crippen LogP contribution is -2.32. The van der Waals surface area contributed by atoms with Gasteiger partial charge in [-0.15, -0.1) is 0 Å². The number of aromatic nitrogens is 2. The second-order valence-corrected chi connectivity index (χ2v) is 11.2. The molecule has 0 atom stereocenters. The Bertz CT molecular complexity index is 1370. The van der Waals surface area contributed by atoms with E-state index in [1.165, 1.54) is 11.3 Å². The van der Waals surface area contributed by atoms with Crippen molar-refractivity contribution in [2.45, 2.75) is 32.6 Å². The number of nitrogens with zero attached hydrogens (tertiary/aromatic N) is 3. The smallest absolute Gasteiger partial charge is 0.230 e. The van der Waals surface area contributed by atoms with Crippen LogP contribution in [0.25, 0.3) is 10.2 Å². The Kier molecular flexibility index (Phi) is 6.85. The maximum atomic E-state index is 13.3. The van der Waals surface area contributed by atoms with Gasteiger partial charge in [0.05, 0.1) is 34.0 Å². The van der Waals surface area contributed by atoms with Gasteiger partial charge in [0.1, 0.15) is 0 Å². The minimum absolute atomic E-state index is 0.0824. The molecule has 0 unspecified atom stereocenters. The normalized spacial score (nSPS) is 11.6. The topological polar surface area (TPSA) is 80.2 Å². The quantitative estimate of drug-likeness (QED) is 0.361. The second-order valence-electron chi connectivity index (χ2n) is 8.06. The molecule has 8 heteroatoms. The summed E-state index contributed by atoms with van der Waals surface area (Å²) < 4.78 is 26.3. The highest BCUT2D eigenvalue weighted by Crippen LogP contribution is 2.33. The first kappa shape index (κ1) is 23.1. The number of amides is 1. The molecule has 0 radical (unpaired) electrons. The average molecular weight is 480 g/mol. The summed E-state index contributed by atoms with van der Waals surface area (Å²) in [5.74, 6) is -0.589. The number of anilines is 1. The molecule has 0 N–H and O–H groups in total. The fraction of sp³-hybridized carbons (Fsp3) is 0.240. The Balaban J connectivity index is 1.58. The van der Waals surface area contributed by atoms with Gasteiger partial charge < -0.3 is 0 Å². The molecule has 0 bridgehead atoms. The number of pyridine rings is 1. The van der Waals surface area contributed by atoms with Crippen LogP contribution in [0.1, 0.15) is 28.8 Å².